The van der Waals surface area contributed by atoms with Crippen molar-refractivity contribution in [2.24, 2.45) is 7.05 Å². The molecule has 0 radical (unpaired) electrons. The first-order valence-corrected chi connectivity index (χ1v) is 10.8. The van der Waals surface area contributed by atoms with Gasteiger partial charge in [-0.1, -0.05) is 36.4 Å². The number of aliphatic carboxylic acids is 1. The summed E-state index contributed by atoms with van der Waals surface area (Å²) >= 11 is 0. The Hall–Kier alpha value is -4.25. The van der Waals surface area contributed by atoms with Gasteiger partial charge in [0.05, 0.1) is 18.3 Å². The first-order chi connectivity index (χ1) is 17.2. The second-order valence-electron chi connectivity index (χ2n) is 7.89. The molecule has 4 aromatic rings. The van der Waals surface area contributed by atoms with Crippen LogP contribution in [0.2, 0.25) is 0 Å². The van der Waals surface area contributed by atoms with Crippen LogP contribution in [0.5, 0.6) is 5.75 Å². The Balaban J connectivity index is 0.000000384. The van der Waals surface area contributed by atoms with Crippen molar-refractivity contribution in [3.63, 3.8) is 0 Å². The third kappa shape index (κ3) is 5.20. The topological polar surface area (TPSA) is 102 Å². The van der Waals surface area contributed by atoms with E-state index in [1.807, 2.05) is 42.2 Å². The van der Waals surface area contributed by atoms with Gasteiger partial charge in [0.15, 0.2) is 0 Å². The molecule has 2 aromatic carbocycles. The molecule has 8 nitrogen and oxygen atoms in total. The molecule has 1 aliphatic rings. The molecule has 0 bridgehead atoms. The van der Waals surface area contributed by atoms with Crippen LogP contribution >= 0.6 is 0 Å². The third-order valence-corrected chi connectivity index (χ3v) is 5.48. The number of fused-ring (bicyclic) bond motifs is 1. The average molecular weight is 497 g/mol. The van der Waals surface area contributed by atoms with E-state index in [1.165, 1.54) is 5.57 Å². The number of carboxylic acids is 1. The number of halogens is 3. The fraction of sp³-hybridized carbons (Fsp3) is 0.200. The molecule has 0 aliphatic carbocycles. The second kappa shape index (κ2) is 10.2. The van der Waals surface area contributed by atoms with Crippen molar-refractivity contribution < 1.29 is 27.8 Å². The van der Waals surface area contributed by atoms with Gasteiger partial charge in [-0.15, -0.1) is 0 Å². The van der Waals surface area contributed by atoms with Gasteiger partial charge in [0.1, 0.15) is 17.8 Å². The third-order valence-electron chi connectivity index (χ3n) is 5.48. The number of hydrogen-bond donors (Lipinski definition) is 2. The number of nitrogens with zero attached hydrogens (tertiary/aromatic N) is 4. The minimum Gasteiger partial charge on any atom is -0.496 e. The number of benzene rings is 2. The number of alkyl halides is 3. The largest absolute Gasteiger partial charge is 0.496 e. The van der Waals surface area contributed by atoms with E-state index in [1.54, 1.807) is 13.4 Å². The molecule has 0 atom stereocenters. The SMILES string of the molecule is COc1cc2ncnc(-c3cn(C)nc3-c3ccccc3)c2cc1C1=CCNC1.O=C(O)C(F)(F)F. The van der Waals surface area contributed by atoms with Crippen LogP contribution in [-0.4, -0.2) is 57.2 Å². The van der Waals surface area contributed by atoms with Crippen LogP contribution in [0.4, 0.5) is 13.2 Å². The Morgan fingerprint density at radius 2 is 1.83 bits per heavy atom. The Morgan fingerprint density at radius 1 is 1.11 bits per heavy atom. The van der Waals surface area contributed by atoms with Gasteiger partial charge in [-0.25, -0.2) is 14.8 Å². The monoisotopic (exact) mass is 497 g/mol. The molecular weight excluding hydrogens is 475 g/mol. The van der Waals surface area contributed by atoms with Crippen LogP contribution in [0.1, 0.15) is 5.56 Å². The summed E-state index contributed by atoms with van der Waals surface area (Å²) in [7, 11) is 3.63. The summed E-state index contributed by atoms with van der Waals surface area (Å²) < 4.78 is 39.2. The second-order valence-corrected chi connectivity index (χ2v) is 7.89. The lowest BCUT2D eigenvalue weighted by Crippen LogP contribution is -2.21. The fourth-order valence-electron chi connectivity index (χ4n) is 3.87. The summed E-state index contributed by atoms with van der Waals surface area (Å²) in [5.74, 6) is -1.93. The van der Waals surface area contributed by atoms with Crippen molar-refractivity contribution in [2.45, 2.75) is 6.18 Å². The number of carbonyl (C=O) groups is 1. The molecule has 0 unspecified atom stereocenters. The molecule has 5 rings (SSSR count). The van der Waals surface area contributed by atoms with Crippen molar-refractivity contribution >= 4 is 22.4 Å². The highest BCUT2D eigenvalue weighted by Gasteiger charge is 2.38. The summed E-state index contributed by atoms with van der Waals surface area (Å²) in [5, 5.41) is 16.2. The van der Waals surface area contributed by atoms with E-state index < -0.39 is 12.1 Å². The number of ether oxygens (including phenoxy) is 1. The molecule has 0 saturated heterocycles. The van der Waals surface area contributed by atoms with E-state index in [0.29, 0.717) is 0 Å². The lowest BCUT2D eigenvalue weighted by atomic mass is 9.98. The predicted octanol–water partition coefficient (Wildman–Crippen LogP) is 4.33. The number of carboxylic acid groups (broad SMARTS) is 1. The minimum absolute atomic E-state index is 0.826. The van der Waals surface area contributed by atoms with E-state index >= 15 is 0 Å². The maximum Gasteiger partial charge on any atom is 0.490 e. The number of rotatable bonds is 4. The van der Waals surface area contributed by atoms with Gasteiger partial charge in [-0.3, -0.25) is 4.68 Å². The van der Waals surface area contributed by atoms with E-state index in [-0.39, 0.29) is 0 Å². The highest BCUT2D eigenvalue weighted by Crippen LogP contribution is 2.37. The number of hydrogen-bond acceptors (Lipinski definition) is 6. The summed E-state index contributed by atoms with van der Waals surface area (Å²) in [6.07, 6.45) is 0.742. The van der Waals surface area contributed by atoms with Crippen LogP contribution in [0.25, 0.3) is 39.0 Å². The highest BCUT2D eigenvalue weighted by atomic mass is 19.4. The lowest BCUT2D eigenvalue weighted by Gasteiger charge is -2.13. The Morgan fingerprint density at radius 3 is 2.44 bits per heavy atom. The standard InChI is InChI=1S/C23H21N5O.C2HF3O2/c1-28-13-19(22(27-28)15-6-4-3-5-7-15)23-18-10-17(16-8-9-24-12-16)21(29-2)11-20(18)25-14-26-23;3-2(4,5)1(6)7/h3-8,10-11,13-14,24H,9,12H2,1-2H3;(H,6,7). The van der Waals surface area contributed by atoms with Gasteiger partial charge < -0.3 is 15.2 Å². The van der Waals surface area contributed by atoms with Crippen LogP contribution in [0, 0.1) is 0 Å². The zero-order valence-electron chi connectivity index (χ0n) is 19.4. The smallest absolute Gasteiger partial charge is 0.490 e. The first kappa shape index (κ1) is 24.9. The first-order valence-electron chi connectivity index (χ1n) is 10.8. The van der Waals surface area contributed by atoms with E-state index in [0.717, 1.165) is 57.8 Å². The Labute approximate surface area is 204 Å². The summed E-state index contributed by atoms with van der Waals surface area (Å²) in [6.45, 7) is 1.70. The fourth-order valence-corrected chi connectivity index (χ4v) is 3.87. The van der Waals surface area contributed by atoms with E-state index in [4.69, 9.17) is 19.7 Å². The number of aromatic nitrogens is 4. The van der Waals surface area contributed by atoms with Gasteiger partial charge in [0, 0.05) is 54.5 Å². The van der Waals surface area contributed by atoms with Crippen LogP contribution in [0.15, 0.2) is 61.1 Å². The highest BCUT2D eigenvalue weighted by molar-refractivity contribution is 5.98. The van der Waals surface area contributed by atoms with Gasteiger partial charge in [0.2, 0.25) is 0 Å². The molecule has 2 aromatic heterocycles. The number of aryl methyl sites for hydroxylation is 1. The normalized spacial score (nSPS) is 13.2. The van der Waals surface area contributed by atoms with Crippen molar-refractivity contribution in [2.75, 3.05) is 20.2 Å². The van der Waals surface area contributed by atoms with Crippen LogP contribution in [0.3, 0.4) is 0 Å². The molecule has 0 amide bonds. The maximum atomic E-state index is 10.6. The molecule has 0 saturated carbocycles. The summed E-state index contributed by atoms with van der Waals surface area (Å²) in [6, 6.07) is 14.3. The number of nitrogens with one attached hydrogen (secondary N) is 1. The van der Waals surface area contributed by atoms with E-state index in [9.17, 15) is 13.2 Å². The van der Waals surface area contributed by atoms with Gasteiger partial charge in [0.25, 0.3) is 0 Å². The molecule has 36 heavy (non-hydrogen) atoms. The van der Waals surface area contributed by atoms with Crippen LogP contribution in [-0.2, 0) is 11.8 Å². The molecule has 11 heteroatoms. The van der Waals surface area contributed by atoms with Gasteiger partial charge in [-0.2, -0.15) is 18.3 Å². The Kier molecular flexibility index (Phi) is 7.02. The average Bonchev–Trinajstić information content (AvgIpc) is 3.53. The predicted molar refractivity (Wildman–Crippen MR) is 128 cm³/mol. The van der Waals surface area contributed by atoms with Crippen molar-refractivity contribution in [3.05, 3.63) is 66.6 Å². The molecule has 0 fully saturated rings. The van der Waals surface area contributed by atoms with Gasteiger partial charge in [-0.05, 0) is 11.6 Å². The minimum atomic E-state index is -5.08. The number of methoxy groups -OCH3 is 1. The molecule has 3 heterocycles. The quantitative estimate of drug-likeness (QED) is 0.433. The van der Waals surface area contributed by atoms with Crippen molar-refractivity contribution in [1.82, 2.24) is 25.1 Å². The molecular formula is C25H22F3N5O3. The molecule has 1 aliphatic heterocycles. The van der Waals surface area contributed by atoms with E-state index in [2.05, 4.69) is 39.6 Å². The zero-order chi connectivity index (χ0) is 25.9. The van der Waals surface area contributed by atoms with Gasteiger partial charge >= 0.3 is 12.1 Å². The maximum absolute atomic E-state index is 10.6. The lowest BCUT2D eigenvalue weighted by molar-refractivity contribution is -0.192. The van der Waals surface area contributed by atoms with Crippen molar-refractivity contribution in [3.8, 4) is 28.3 Å². The Bertz CT molecular complexity index is 1430. The zero-order valence-corrected chi connectivity index (χ0v) is 19.4. The molecule has 2 N–H and O–H groups in total. The summed E-state index contributed by atoms with van der Waals surface area (Å²) in [5.41, 5.74) is 6.99. The summed E-state index contributed by atoms with van der Waals surface area (Å²) in [4.78, 5) is 18.1. The van der Waals surface area contributed by atoms with Crippen molar-refractivity contribution in [1.29, 1.82) is 0 Å². The molecule has 186 valence electrons. The molecule has 0 spiro atoms. The van der Waals surface area contributed by atoms with Crippen LogP contribution < -0.4 is 10.1 Å².